The molecule has 2 unspecified atom stereocenters. The van der Waals surface area contributed by atoms with Gasteiger partial charge in [-0.1, -0.05) is 288 Å². The van der Waals surface area contributed by atoms with Gasteiger partial charge in [0.25, 0.3) is 0 Å². The summed E-state index contributed by atoms with van der Waals surface area (Å²) in [5.41, 5.74) is 0. The maximum absolute atomic E-state index is 12.5. The summed E-state index contributed by atoms with van der Waals surface area (Å²) < 4.78 is 5.44. The lowest BCUT2D eigenvalue weighted by Crippen LogP contribution is -2.45. The number of esters is 1. The van der Waals surface area contributed by atoms with Crippen LogP contribution in [0.1, 0.15) is 328 Å². The molecule has 0 saturated heterocycles. The zero-order valence-corrected chi connectivity index (χ0v) is 46.3. The Labute approximate surface area is 430 Å². The Morgan fingerprint density at radius 3 is 1.07 bits per heavy atom. The number of allylic oxidation sites excluding steroid dienone is 5. The van der Waals surface area contributed by atoms with Crippen LogP contribution in [0.4, 0.5) is 0 Å². The largest absolute Gasteiger partial charge is 0.466 e. The highest BCUT2D eigenvalue weighted by Crippen LogP contribution is 2.17. The number of carbonyl (C=O) groups is 2. The van der Waals surface area contributed by atoms with E-state index in [1.807, 2.05) is 6.08 Å². The molecule has 0 aliphatic heterocycles. The Kier molecular flexibility index (Phi) is 57.0. The Balaban J connectivity index is 3.54. The van der Waals surface area contributed by atoms with E-state index in [2.05, 4.69) is 43.5 Å². The monoisotopic (exact) mass is 970 g/mol. The number of ether oxygens (including phenoxy) is 1. The fourth-order valence-corrected chi connectivity index (χ4v) is 9.45. The average Bonchev–Trinajstić information content (AvgIpc) is 3.35. The number of aliphatic hydroxyl groups excluding tert-OH is 2. The first kappa shape index (κ1) is 67.1. The first-order chi connectivity index (χ1) is 34.0. The molecule has 0 spiro atoms. The van der Waals surface area contributed by atoms with Crippen molar-refractivity contribution in [2.75, 3.05) is 13.2 Å². The minimum Gasteiger partial charge on any atom is -0.466 e. The number of unbranched alkanes of at least 4 members (excludes halogenated alkanes) is 43. The summed E-state index contributed by atoms with van der Waals surface area (Å²) >= 11 is 0. The molecule has 69 heavy (non-hydrogen) atoms. The topological polar surface area (TPSA) is 95.9 Å². The molecule has 0 aliphatic carbocycles. The quantitative estimate of drug-likeness (QED) is 0.0244. The molecule has 0 bridgehead atoms. The molecule has 0 rings (SSSR count). The molecule has 2 atom stereocenters. The van der Waals surface area contributed by atoms with Gasteiger partial charge in [0.2, 0.25) is 5.91 Å². The van der Waals surface area contributed by atoms with Crippen molar-refractivity contribution in [1.29, 1.82) is 0 Å². The molecule has 0 aromatic rings. The molecule has 0 fully saturated rings. The van der Waals surface area contributed by atoms with Gasteiger partial charge in [-0.25, -0.2) is 0 Å². The molecule has 0 aliphatic rings. The van der Waals surface area contributed by atoms with Gasteiger partial charge in [-0.3, -0.25) is 9.59 Å². The molecule has 1 amide bonds. The summed E-state index contributed by atoms with van der Waals surface area (Å²) in [6.07, 6.45) is 73.2. The Morgan fingerprint density at radius 1 is 0.406 bits per heavy atom. The van der Waals surface area contributed by atoms with Crippen LogP contribution < -0.4 is 5.32 Å². The van der Waals surface area contributed by atoms with Gasteiger partial charge in [-0.15, -0.1) is 0 Å². The Morgan fingerprint density at radius 2 is 0.710 bits per heavy atom. The van der Waals surface area contributed by atoms with Crippen molar-refractivity contribution < 1.29 is 24.5 Å². The molecule has 0 aromatic carbocycles. The summed E-state index contributed by atoms with van der Waals surface area (Å²) in [5.74, 6) is -0.109. The summed E-state index contributed by atoms with van der Waals surface area (Å²) in [6.45, 7) is 4.87. The number of hydrogen-bond donors (Lipinski definition) is 3. The first-order valence-electron chi connectivity index (χ1n) is 30.8. The van der Waals surface area contributed by atoms with E-state index >= 15 is 0 Å². The Hall–Kier alpha value is -1.92. The van der Waals surface area contributed by atoms with E-state index in [9.17, 15) is 19.8 Å². The van der Waals surface area contributed by atoms with Crippen LogP contribution >= 0.6 is 0 Å². The lowest BCUT2D eigenvalue weighted by atomic mass is 10.0. The minimum atomic E-state index is -0.860. The molecule has 3 N–H and O–H groups in total. The summed E-state index contributed by atoms with van der Waals surface area (Å²) in [6, 6.07) is -0.646. The normalized spacial score (nSPS) is 12.8. The van der Waals surface area contributed by atoms with Crippen LogP contribution in [0.2, 0.25) is 0 Å². The highest BCUT2D eigenvalue weighted by atomic mass is 16.5. The second-order valence-electron chi connectivity index (χ2n) is 21.1. The van der Waals surface area contributed by atoms with Gasteiger partial charge in [-0.05, 0) is 64.2 Å². The smallest absolute Gasteiger partial charge is 0.305 e. The summed E-state index contributed by atoms with van der Waals surface area (Å²) in [5, 5.41) is 23.2. The molecule has 0 aromatic heterocycles. The summed E-state index contributed by atoms with van der Waals surface area (Å²) in [4.78, 5) is 24.5. The van der Waals surface area contributed by atoms with E-state index in [1.54, 1.807) is 6.08 Å². The molecular formula is C63H119NO5. The van der Waals surface area contributed by atoms with E-state index in [0.717, 1.165) is 77.0 Å². The van der Waals surface area contributed by atoms with E-state index in [-0.39, 0.29) is 18.5 Å². The minimum absolute atomic E-state index is 0.0210. The Bertz CT molecular complexity index is 1120. The fraction of sp³-hybridized carbons (Fsp3) is 0.873. The van der Waals surface area contributed by atoms with E-state index in [0.29, 0.717) is 19.4 Å². The standard InChI is InChI=1S/C63H119NO5/c1-3-5-7-9-11-13-15-17-18-19-20-21-22-23-24-25-26-28-32-35-39-43-47-51-55-61(66)60(59-65)64-62(67)56-52-48-44-40-36-33-29-27-30-34-38-42-46-50-54-58-69-63(68)57-53-49-45-41-37-31-16-14-12-10-8-6-4-2/h27,30,34,38,51,55,60-61,65-66H,3-26,28-29,31-33,35-37,39-50,52-54,56-59H2,1-2H3,(H,64,67)/b30-27-,38-34-,55-51+. The average molecular weight is 971 g/mol. The van der Waals surface area contributed by atoms with Gasteiger partial charge in [0.1, 0.15) is 0 Å². The van der Waals surface area contributed by atoms with Crippen molar-refractivity contribution in [2.45, 2.75) is 341 Å². The van der Waals surface area contributed by atoms with Gasteiger partial charge in [-0.2, -0.15) is 0 Å². The lowest BCUT2D eigenvalue weighted by Gasteiger charge is -2.20. The van der Waals surface area contributed by atoms with Crippen molar-refractivity contribution in [3.8, 4) is 0 Å². The van der Waals surface area contributed by atoms with Crippen molar-refractivity contribution >= 4 is 11.9 Å². The number of rotatable bonds is 57. The number of nitrogens with one attached hydrogen (secondary N) is 1. The lowest BCUT2D eigenvalue weighted by molar-refractivity contribution is -0.143. The van der Waals surface area contributed by atoms with Gasteiger partial charge in [0.05, 0.1) is 25.4 Å². The number of aliphatic hydroxyl groups is 2. The second kappa shape index (κ2) is 58.6. The highest BCUT2D eigenvalue weighted by Gasteiger charge is 2.18. The first-order valence-corrected chi connectivity index (χ1v) is 30.8. The van der Waals surface area contributed by atoms with E-state index in [4.69, 9.17) is 4.74 Å². The molecule has 406 valence electrons. The van der Waals surface area contributed by atoms with Crippen LogP contribution in [0.3, 0.4) is 0 Å². The summed E-state index contributed by atoms with van der Waals surface area (Å²) in [7, 11) is 0. The maximum Gasteiger partial charge on any atom is 0.305 e. The highest BCUT2D eigenvalue weighted by molar-refractivity contribution is 5.76. The zero-order chi connectivity index (χ0) is 50.0. The fourth-order valence-electron chi connectivity index (χ4n) is 9.45. The molecule has 0 saturated carbocycles. The van der Waals surface area contributed by atoms with Crippen LogP contribution in [-0.2, 0) is 14.3 Å². The third-order valence-electron chi connectivity index (χ3n) is 14.2. The van der Waals surface area contributed by atoms with Crippen molar-refractivity contribution in [3.05, 3.63) is 36.5 Å². The molecule has 6 nitrogen and oxygen atoms in total. The maximum atomic E-state index is 12.5. The number of amides is 1. The third-order valence-corrected chi connectivity index (χ3v) is 14.2. The zero-order valence-electron chi connectivity index (χ0n) is 46.3. The molecule has 0 heterocycles. The van der Waals surface area contributed by atoms with Crippen LogP contribution in [-0.4, -0.2) is 47.4 Å². The van der Waals surface area contributed by atoms with Gasteiger partial charge in [0, 0.05) is 12.8 Å². The van der Waals surface area contributed by atoms with Crippen LogP contribution in [0.15, 0.2) is 36.5 Å². The molecular weight excluding hydrogens is 851 g/mol. The number of hydrogen-bond acceptors (Lipinski definition) is 5. The SMILES string of the molecule is CCCCCCCCCCCCCCCCCCCCCCCC/C=C/C(O)C(CO)NC(=O)CCCCCCCC/C=C\C=C/CCCCCOC(=O)CCCCCCCCCCCCCCC. The van der Waals surface area contributed by atoms with E-state index < -0.39 is 12.1 Å². The van der Waals surface area contributed by atoms with Crippen molar-refractivity contribution in [1.82, 2.24) is 5.32 Å². The van der Waals surface area contributed by atoms with E-state index in [1.165, 1.54) is 225 Å². The van der Waals surface area contributed by atoms with Crippen molar-refractivity contribution in [2.24, 2.45) is 0 Å². The van der Waals surface area contributed by atoms with Gasteiger partial charge < -0.3 is 20.3 Å². The van der Waals surface area contributed by atoms with Crippen LogP contribution in [0, 0.1) is 0 Å². The van der Waals surface area contributed by atoms with Crippen LogP contribution in [0.25, 0.3) is 0 Å². The van der Waals surface area contributed by atoms with Crippen LogP contribution in [0.5, 0.6) is 0 Å². The predicted molar refractivity (Wildman–Crippen MR) is 301 cm³/mol. The number of carbonyl (C=O) groups excluding carboxylic acids is 2. The molecule has 6 heteroatoms. The van der Waals surface area contributed by atoms with Crippen molar-refractivity contribution in [3.63, 3.8) is 0 Å². The third kappa shape index (κ3) is 55.2. The van der Waals surface area contributed by atoms with Gasteiger partial charge in [0.15, 0.2) is 0 Å². The van der Waals surface area contributed by atoms with Gasteiger partial charge >= 0.3 is 5.97 Å². The molecule has 0 radical (unpaired) electrons. The predicted octanol–water partition coefficient (Wildman–Crippen LogP) is 19.2. The second-order valence-corrected chi connectivity index (χ2v) is 21.1.